The summed E-state index contributed by atoms with van der Waals surface area (Å²) in [4.78, 5) is 22.4. The van der Waals surface area contributed by atoms with Gasteiger partial charge in [-0.1, -0.05) is 0 Å². The fourth-order valence-corrected chi connectivity index (χ4v) is 1.86. The number of carbonyl (C=O) groups is 2. The first kappa shape index (κ1) is 7.92. The molecule has 0 N–H and O–H groups in total. The van der Waals surface area contributed by atoms with E-state index in [2.05, 4.69) is 0 Å². The molecule has 0 aromatic carbocycles. The summed E-state index contributed by atoms with van der Waals surface area (Å²) in [7, 11) is 0. The number of ether oxygens (including phenoxy) is 1. The first-order valence-corrected chi connectivity index (χ1v) is 4.25. The molecule has 1 aliphatic heterocycles. The van der Waals surface area contributed by atoms with Crippen molar-refractivity contribution in [1.29, 1.82) is 0 Å². The number of fused-ring (bicyclic) bond motifs is 1. The maximum absolute atomic E-state index is 11.4. The third-order valence-corrected chi connectivity index (χ3v) is 3.00. The molecule has 2 aliphatic rings. The van der Waals surface area contributed by atoms with E-state index in [1.165, 1.54) is 0 Å². The number of Topliss-reactive ketones (excluding diaryl/α,β-unsaturated/α-hetero) is 2. The Morgan fingerprint density at radius 2 is 2.33 bits per heavy atom. The van der Waals surface area contributed by atoms with Crippen LogP contribution in [0.5, 0.6) is 0 Å². The molecule has 12 heavy (non-hydrogen) atoms. The van der Waals surface area contributed by atoms with Gasteiger partial charge in [0.15, 0.2) is 5.78 Å². The second-order valence-electron chi connectivity index (χ2n) is 3.88. The molecular formula is C9H12O3. The molecule has 2 rings (SSSR count). The molecule has 2 fully saturated rings. The van der Waals surface area contributed by atoms with E-state index in [-0.39, 0.29) is 23.6 Å². The van der Waals surface area contributed by atoms with Crippen molar-refractivity contribution >= 4 is 11.6 Å². The van der Waals surface area contributed by atoms with Crippen molar-refractivity contribution < 1.29 is 14.3 Å². The Morgan fingerprint density at radius 3 is 2.83 bits per heavy atom. The summed E-state index contributed by atoms with van der Waals surface area (Å²) in [5.41, 5.74) is -0.522. The largest absolute Gasteiger partial charge is 0.358 e. The highest BCUT2D eigenvalue weighted by molar-refractivity contribution is 5.95. The van der Waals surface area contributed by atoms with E-state index in [1.54, 1.807) is 6.92 Å². The maximum Gasteiger partial charge on any atom is 0.167 e. The zero-order valence-electron chi connectivity index (χ0n) is 7.29. The highest BCUT2D eigenvalue weighted by Gasteiger charge is 2.61. The van der Waals surface area contributed by atoms with Crippen molar-refractivity contribution in [1.82, 2.24) is 0 Å². The monoisotopic (exact) mass is 168 g/mol. The normalized spacial score (nSPS) is 45.3. The minimum absolute atomic E-state index is 0.0210. The molecule has 0 aromatic rings. The molecule has 0 spiro atoms. The van der Waals surface area contributed by atoms with E-state index in [4.69, 9.17) is 4.74 Å². The van der Waals surface area contributed by atoms with Crippen LogP contribution >= 0.6 is 0 Å². The molecule has 1 heterocycles. The Bertz CT molecular complexity index is 258. The molecule has 66 valence electrons. The maximum atomic E-state index is 11.4. The van der Waals surface area contributed by atoms with Gasteiger partial charge in [-0.05, 0) is 20.3 Å². The second-order valence-corrected chi connectivity index (χ2v) is 3.88. The Labute approximate surface area is 71.1 Å². The van der Waals surface area contributed by atoms with Gasteiger partial charge in [-0.3, -0.25) is 9.59 Å². The van der Waals surface area contributed by atoms with E-state index in [0.29, 0.717) is 6.42 Å². The van der Waals surface area contributed by atoms with Gasteiger partial charge in [-0.25, -0.2) is 0 Å². The van der Waals surface area contributed by atoms with E-state index in [1.807, 2.05) is 6.92 Å². The summed E-state index contributed by atoms with van der Waals surface area (Å²) in [5, 5.41) is 0. The van der Waals surface area contributed by atoms with Gasteiger partial charge >= 0.3 is 0 Å². The number of ketones is 2. The third-order valence-electron chi connectivity index (χ3n) is 3.00. The SMILES string of the molecule is CC(=O)[C@@H]1CC(=O)[C@]2(C)O[C@@H]2C1. The molecule has 0 amide bonds. The summed E-state index contributed by atoms with van der Waals surface area (Å²) in [6.07, 6.45) is 1.13. The smallest absolute Gasteiger partial charge is 0.167 e. The van der Waals surface area contributed by atoms with Gasteiger partial charge < -0.3 is 4.74 Å². The molecule has 0 aromatic heterocycles. The molecule has 0 bridgehead atoms. The highest BCUT2D eigenvalue weighted by Crippen LogP contribution is 2.46. The predicted octanol–water partition coefficient (Wildman–Crippen LogP) is 0.712. The van der Waals surface area contributed by atoms with Gasteiger partial charge in [-0.15, -0.1) is 0 Å². The first-order valence-electron chi connectivity index (χ1n) is 4.25. The summed E-state index contributed by atoms with van der Waals surface area (Å²) in [6.45, 7) is 3.36. The van der Waals surface area contributed by atoms with Crippen LogP contribution in [0.1, 0.15) is 26.7 Å². The molecule has 0 unspecified atom stereocenters. The lowest BCUT2D eigenvalue weighted by Gasteiger charge is -2.18. The standard InChI is InChI=1S/C9H12O3/c1-5(10)6-3-7(11)9(2)8(4-6)12-9/h6,8H,3-4H2,1-2H3/t6-,8-,9+/m1/s1. The zero-order valence-corrected chi connectivity index (χ0v) is 7.29. The Hall–Kier alpha value is -0.700. The van der Waals surface area contributed by atoms with E-state index >= 15 is 0 Å². The number of carbonyl (C=O) groups excluding carboxylic acids is 2. The van der Waals surface area contributed by atoms with Crippen LogP contribution in [0.4, 0.5) is 0 Å². The van der Waals surface area contributed by atoms with Crippen LogP contribution in [0.2, 0.25) is 0 Å². The van der Waals surface area contributed by atoms with Crippen molar-refractivity contribution in [2.75, 3.05) is 0 Å². The molecule has 3 nitrogen and oxygen atoms in total. The van der Waals surface area contributed by atoms with E-state index in [9.17, 15) is 9.59 Å². The topological polar surface area (TPSA) is 46.7 Å². The number of epoxide rings is 1. The van der Waals surface area contributed by atoms with Crippen molar-refractivity contribution in [2.24, 2.45) is 5.92 Å². The fraction of sp³-hybridized carbons (Fsp3) is 0.778. The van der Waals surface area contributed by atoms with Crippen LogP contribution in [0.15, 0.2) is 0 Å². The Morgan fingerprint density at radius 1 is 1.67 bits per heavy atom. The summed E-state index contributed by atoms with van der Waals surface area (Å²) in [6, 6.07) is 0. The highest BCUT2D eigenvalue weighted by atomic mass is 16.6. The molecular weight excluding hydrogens is 156 g/mol. The molecule has 1 aliphatic carbocycles. The summed E-state index contributed by atoms with van der Waals surface area (Å²) in [5.74, 6) is 0.123. The van der Waals surface area contributed by atoms with Gasteiger partial charge in [0.2, 0.25) is 0 Å². The number of hydrogen-bond donors (Lipinski definition) is 0. The first-order chi connectivity index (χ1) is 5.54. The Balaban J connectivity index is 2.12. The van der Waals surface area contributed by atoms with Crippen LogP contribution < -0.4 is 0 Å². The zero-order chi connectivity index (χ0) is 8.93. The Kier molecular flexibility index (Phi) is 1.43. The summed E-state index contributed by atoms with van der Waals surface area (Å²) < 4.78 is 5.26. The second kappa shape index (κ2) is 2.16. The van der Waals surface area contributed by atoms with Crippen molar-refractivity contribution in [2.45, 2.75) is 38.4 Å². The summed E-state index contributed by atoms with van der Waals surface area (Å²) >= 11 is 0. The van der Waals surface area contributed by atoms with Gasteiger partial charge in [0.1, 0.15) is 11.4 Å². The van der Waals surface area contributed by atoms with Gasteiger partial charge in [0.05, 0.1) is 6.10 Å². The molecule has 1 saturated heterocycles. The van der Waals surface area contributed by atoms with Gasteiger partial charge in [0, 0.05) is 12.3 Å². The molecule has 1 saturated carbocycles. The predicted molar refractivity (Wildman–Crippen MR) is 41.7 cm³/mol. The molecule has 3 heteroatoms. The van der Waals surface area contributed by atoms with E-state index < -0.39 is 5.60 Å². The molecule has 0 radical (unpaired) electrons. The molecule has 3 atom stereocenters. The van der Waals surface area contributed by atoms with Crippen molar-refractivity contribution in [3.63, 3.8) is 0 Å². The fourth-order valence-electron chi connectivity index (χ4n) is 1.86. The average molecular weight is 168 g/mol. The van der Waals surface area contributed by atoms with Crippen molar-refractivity contribution in [3.05, 3.63) is 0 Å². The van der Waals surface area contributed by atoms with Crippen LogP contribution in [-0.4, -0.2) is 23.3 Å². The van der Waals surface area contributed by atoms with Crippen molar-refractivity contribution in [3.8, 4) is 0 Å². The lowest BCUT2D eigenvalue weighted by Crippen LogP contribution is -2.34. The van der Waals surface area contributed by atoms with Crippen LogP contribution in [0.25, 0.3) is 0 Å². The van der Waals surface area contributed by atoms with Gasteiger partial charge in [-0.2, -0.15) is 0 Å². The quantitative estimate of drug-likeness (QED) is 0.542. The van der Waals surface area contributed by atoms with Crippen LogP contribution in [0.3, 0.4) is 0 Å². The van der Waals surface area contributed by atoms with E-state index in [0.717, 1.165) is 6.42 Å². The van der Waals surface area contributed by atoms with Crippen LogP contribution in [0, 0.1) is 5.92 Å². The minimum Gasteiger partial charge on any atom is -0.358 e. The number of hydrogen-bond acceptors (Lipinski definition) is 3. The lowest BCUT2D eigenvalue weighted by molar-refractivity contribution is -0.130. The van der Waals surface area contributed by atoms with Gasteiger partial charge in [0.25, 0.3) is 0 Å². The minimum atomic E-state index is -0.522. The average Bonchev–Trinajstić information content (AvgIpc) is 2.62. The lowest BCUT2D eigenvalue weighted by atomic mass is 9.80. The third kappa shape index (κ3) is 0.926. The van der Waals surface area contributed by atoms with Crippen LogP contribution in [-0.2, 0) is 14.3 Å². The number of rotatable bonds is 1.